The predicted molar refractivity (Wildman–Crippen MR) is 128 cm³/mol. The molecule has 1 fully saturated rings. The first kappa shape index (κ1) is 25.1. The lowest BCUT2D eigenvalue weighted by Gasteiger charge is -2.20. The molecule has 7 nitrogen and oxygen atoms in total. The molecule has 0 spiro atoms. The lowest BCUT2D eigenvalue weighted by molar-refractivity contribution is -0.121. The molecule has 1 amide bonds. The molecule has 0 bridgehead atoms. The van der Waals surface area contributed by atoms with Gasteiger partial charge in [0.15, 0.2) is 0 Å². The molecule has 2 aromatic carbocycles. The Bertz CT molecular complexity index is 1010. The highest BCUT2D eigenvalue weighted by Gasteiger charge is 2.24. The van der Waals surface area contributed by atoms with Gasteiger partial charge in [0.05, 0.1) is 19.1 Å². The van der Waals surface area contributed by atoms with Gasteiger partial charge in [0, 0.05) is 32.1 Å². The van der Waals surface area contributed by atoms with Crippen LogP contribution in [0.5, 0.6) is 11.5 Å². The largest absolute Gasteiger partial charge is 0.497 e. The number of nitrogens with one attached hydrogen (secondary N) is 1. The van der Waals surface area contributed by atoms with E-state index in [-0.39, 0.29) is 5.91 Å². The van der Waals surface area contributed by atoms with E-state index in [1.807, 2.05) is 18.2 Å². The maximum atomic E-state index is 12.9. The lowest BCUT2D eigenvalue weighted by Crippen LogP contribution is -2.31. The first-order chi connectivity index (χ1) is 15.9. The molecule has 3 rings (SSSR count). The van der Waals surface area contributed by atoms with E-state index in [1.165, 1.54) is 0 Å². The van der Waals surface area contributed by atoms with E-state index in [2.05, 4.69) is 5.32 Å². The molecule has 2 aromatic rings. The number of sulfonamides is 1. The highest BCUT2D eigenvalue weighted by Crippen LogP contribution is 2.25. The van der Waals surface area contributed by atoms with Crippen LogP contribution in [0.1, 0.15) is 43.2 Å². The Morgan fingerprint density at radius 2 is 1.64 bits per heavy atom. The third kappa shape index (κ3) is 6.95. The zero-order valence-corrected chi connectivity index (χ0v) is 20.3. The Kier molecular flexibility index (Phi) is 9.14. The van der Waals surface area contributed by atoms with Crippen LogP contribution in [0.4, 0.5) is 0 Å². The van der Waals surface area contributed by atoms with Crippen molar-refractivity contribution in [1.29, 1.82) is 0 Å². The maximum Gasteiger partial charge on any atom is 0.243 e. The van der Waals surface area contributed by atoms with Gasteiger partial charge in [-0.25, -0.2) is 8.42 Å². The van der Waals surface area contributed by atoms with Gasteiger partial charge in [-0.3, -0.25) is 4.79 Å². The van der Waals surface area contributed by atoms with Crippen LogP contribution in [-0.2, 0) is 27.7 Å². The molecule has 180 valence electrons. The normalized spacial score (nSPS) is 15.0. The van der Waals surface area contributed by atoms with Crippen molar-refractivity contribution in [2.75, 3.05) is 33.9 Å². The van der Waals surface area contributed by atoms with Gasteiger partial charge in [-0.1, -0.05) is 31.0 Å². The second-order valence-corrected chi connectivity index (χ2v) is 10.2. The molecule has 33 heavy (non-hydrogen) atoms. The minimum Gasteiger partial charge on any atom is -0.497 e. The number of aryl methyl sites for hydroxylation is 1. The zero-order valence-electron chi connectivity index (χ0n) is 19.5. The van der Waals surface area contributed by atoms with E-state index in [0.717, 1.165) is 48.3 Å². The summed E-state index contributed by atoms with van der Waals surface area (Å²) in [6.45, 7) is 1.69. The van der Waals surface area contributed by atoms with E-state index >= 15 is 0 Å². The van der Waals surface area contributed by atoms with Gasteiger partial charge in [0.2, 0.25) is 15.9 Å². The SMILES string of the molecule is COc1ccc(CCNC(=O)CCc2ccc(S(=O)(=O)N3CCCCCC3)cc2)c(OC)c1. The summed E-state index contributed by atoms with van der Waals surface area (Å²) in [6.07, 6.45) is 5.55. The molecular weight excluding hydrogens is 440 g/mol. The van der Waals surface area contributed by atoms with E-state index in [0.29, 0.717) is 43.8 Å². The predicted octanol–water partition coefficient (Wildman–Crippen LogP) is 3.56. The average Bonchev–Trinajstić information content (AvgIpc) is 3.13. The zero-order chi connectivity index (χ0) is 23.7. The van der Waals surface area contributed by atoms with E-state index < -0.39 is 10.0 Å². The molecule has 0 radical (unpaired) electrons. The topological polar surface area (TPSA) is 84.9 Å². The average molecular weight is 475 g/mol. The summed E-state index contributed by atoms with van der Waals surface area (Å²) >= 11 is 0. The molecular formula is C25H34N2O5S. The molecule has 1 heterocycles. The van der Waals surface area contributed by atoms with Crippen molar-refractivity contribution in [2.45, 2.75) is 49.8 Å². The van der Waals surface area contributed by atoms with Gasteiger partial charge in [-0.15, -0.1) is 0 Å². The fraction of sp³-hybridized carbons (Fsp3) is 0.480. The van der Waals surface area contributed by atoms with Crippen molar-refractivity contribution in [2.24, 2.45) is 0 Å². The molecule has 0 saturated carbocycles. The Morgan fingerprint density at radius 3 is 2.27 bits per heavy atom. The summed E-state index contributed by atoms with van der Waals surface area (Å²) < 4.78 is 38.0. The van der Waals surface area contributed by atoms with E-state index in [1.54, 1.807) is 42.8 Å². The molecule has 1 saturated heterocycles. The van der Waals surface area contributed by atoms with Crippen LogP contribution in [0.25, 0.3) is 0 Å². The van der Waals surface area contributed by atoms with Gasteiger partial charge in [-0.05, 0) is 55.0 Å². The highest BCUT2D eigenvalue weighted by molar-refractivity contribution is 7.89. The molecule has 0 atom stereocenters. The van der Waals surface area contributed by atoms with Gasteiger partial charge < -0.3 is 14.8 Å². The number of rotatable bonds is 10. The van der Waals surface area contributed by atoms with Crippen LogP contribution in [-0.4, -0.2) is 52.5 Å². The van der Waals surface area contributed by atoms with Crippen molar-refractivity contribution < 1.29 is 22.7 Å². The number of nitrogens with zero attached hydrogens (tertiary/aromatic N) is 1. The molecule has 0 aliphatic carbocycles. The fourth-order valence-electron chi connectivity index (χ4n) is 4.00. The number of hydrogen-bond donors (Lipinski definition) is 1. The van der Waals surface area contributed by atoms with Crippen LogP contribution in [0.2, 0.25) is 0 Å². The van der Waals surface area contributed by atoms with Crippen molar-refractivity contribution >= 4 is 15.9 Å². The Morgan fingerprint density at radius 1 is 0.939 bits per heavy atom. The summed E-state index contributed by atoms with van der Waals surface area (Å²) in [5.41, 5.74) is 1.94. The molecule has 1 aliphatic heterocycles. The van der Waals surface area contributed by atoms with Crippen molar-refractivity contribution in [3.05, 3.63) is 53.6 Å². The fourth-order valence-corrected chi connectivity index (χ4v) is 5.52. The summed E-state index contributed by atoms with van der Waals surface area (Å²) in [4.78, 5) is 12.6. The Hall–Kier alpha value is -2.58. The quantitative estimate of drug-likeness (QED) is 0.569. The Labute approximate surface area is 197 Å². The number of benzene rings is 2. The van der Waals surface area contributed by atoms with Crippen LogP contribution in [0.15, 0.2) is 47.4 Å². The van der Waals surface area contributed by atoms with Crippen molar-refractivity contribution in [3.8, 4) is 11.5 Å². The number of hydrogen-bond acceptors (Lipinski definition) is 5. The second-order valence-electron chi connectivity index (χ2n) is 8.24. The number of carbonyl (C=O) groups excluding carboxylic acids is 1. The van der Waals surface area contributed by atoms with E-state index in [4.69, 9.17) is 9.47 Å². The smallest absolute Gasteiger partial charge is 0.243 e. The lowest BCUT2D eigenvalue weighted by atomic mass is 10.1. The van der Waals surface area contributed by atoms with Gasteiger partial charge in [0.25, 0.3) is 0 Å². The second kappa shape index (κ2) is 12.0. The number of methoxy groups -OCH3 is 2. The summed E-state index contributed by atoms with van der Waals surface area (Å²) in [7, 11) is -0.226. The van der Waals surface area contributed by atoms with Crippen LogP contribution in [0, 0.1) is 0 Å². The first-order valence-corrected chi connectivity index (χ1v) is 12.9. The van der Waals surface area contributed by atoms with Gasteiger partial charge in [0.1, 0.15) is 11.5 Å². The molecule has 1 N–H and O–H groups in total. The molecule has 1 aliphatic rings. The molecule has 0 unspecified atom stereocenters. The standard InChI is InChI=1S/C25H34N2O5S/c1-31-22-11-10-21(24(19-22)32-2)15-16-26-25(28)14-9-20-7-12-23(13-8-20)33(29,30)27-17-5-3-4-6-18-27/h7-8,10-13,19H,3-6,9,14-18H2,1-2H3,(H,26,28). The molecule has 8 heteroatoms. The minimum absolute atomic E-state index is 0.0382. The third-order valence-corrected chi connectivity index (χ3v) is 7.89. The monoisotopic (exact) mass is 474 g/mol. The molecule has 0 aromatic heterocycles. The summed E-state index contributed by atoms with van der Waals surface area (Å²) in [6, 6.07) is 12.6. The third-order valence-electron chi connectivity index (χ3n) is 5.98. The number of ether oxygens (including phenoxy) is 2. The summed E-state index contributed by atoms with van der Waals surface area (Å²) in [5, 5.41) is 2.94. The first-order valence-electron chi connectivity index (χ1n) is 11.5. The van der Waals surface area contributed by atoms with Crippen molar-refractivity contribution in [1.82, 2.24) is 9.62 Å². The van der Waals surface area contributed by atoms with Gasteiger partial charge in [-0.2, -0.15) is 4.31 Å². The van der Waals surface area contributed by atoms with Crippen LogP contribution in [0.3, 0.4) is 0 Å². The summed E-state index contributed by atoms with van der Waals surface area (Å²) in [5.74, 6) is 1.42. The van der Waals surface area contributed by atoms with Crippen LogP contribution >= 0.6 is 0 Å². The van der Waals surface area contributed by atoms with Crippen molar-refractivity contribution in [3.63, 3.8) is 0 Å². The highest BCUT2D eigenvalue weighted by atomic mass is 32.2. The number of carbonyl (C=O) groups is 1. The maximum absolute atomic E-state index is 12.9. The Balaban J connectivity index is 1.47. The minimum atomic E-state index is -3.45. The number of amides is 1. The van der Waals surface area contributed by atoms with Crippen LogP contribution < -0.4 is 14.8 Å². The van der Waals surface area contributed by atoms with E-state index in [9.17, 15) is 13.2 Å². The van der Waals surface area contributed by atoms with Gasteiger partial charge >= 0.3 is 0 Å².